The van der Waals surface area contributed by atoms with Gasteiger partial charge in [-0.3, -0.25) is 14.9 Å². The fourth-order valence-electron chi connectivity index (χ4n) is 4.21. The molecule has 0 spiro atoms. The second-order valence-corrected chi connectivity index (χ2v) is 9.18. The predicted molar refractivity (Wildman–Crippen MR) is 147 cm³/mol. The first-order chi connectivity index (χ1) is 18.4. The van der Waals surface area contributed by atoms with Gasteiger partial charge in [-0.1, -0.05) is 77.8 Å². The van der Waals surface area contributed by atoms with Crippen LogP contribution in [0.25, 0.3) is 16.8 Å². The van der Waals surface area contributed by atoms with Crippen molar-refractivity contribution < 1.29 is 23.9 Å². The van der Waals surface area contributed by atoms with Gasteiger partial charge in [-0.2, -0.15) is 0 Å². The van der Waals surface area contributed by atoms with Gasteiger partial charge in [0.1, 0.15) is 12.2 Å². The molecule has 1 N–H and O–H groups in total. The second kappa shape index (κ2) is 10.6. The third-order valence-corrected chi connectivity index (χ3v) is 6.61. The minimum atomic E-state index is -0.891. The average Bonchev–Trinajstić information content (AvgIpc) is 2.91. The van der Waals surface area contributed by atoms with Crippen molar-refractivity contribution in [2.75, 3.05) is 12.0 Å². The van der Waals surface area contributed by atoms with Crippen molar-refractivity contribution in [1.82, 2.24) is 5.32 Å². The molecule has 5 rings (SSSR count). The lowest BCUT2D eigenvalue weighted by molar-refractivity contribution is -0.122. The van der Waals surface area contributed by atoms with Crippen molar-refractivity contribution in [2.24, 2.45) is 0 Å². The number of rotatable bonds is 6. The van der Waals surface area contributed by atoms with E-state index in [1.807, 2.05) is 42.5 Å². The zero-order valence-corrected chi connectivity index (χ0v) is 21.5. The smallest absolute Gasteiger partial charge is 0.335 e. The van der Waals surface area contributed by atoms with Crippen LogP contribution in [0.15, 0.2) is 84.4 Å². The highest BCUT2D eigenvalue weighted by atomic mass is 35.5. The fraction of sp³-hybridized carbons (Fsp3) is 0.0690. The Hall–Kier alpha value is -4.33. The Labute approximate surface area is 228 Å². The number of hydrogen-bond donors (Lipinski definition) is 1. The topological polar surface area (TPSA) is 84.9 Å². The Morgan fingerprint density at radius 2 is 1.63 bits per heavy atom. The number of urea groups is 1. The standard InChI is InChI=1S/C29H20Cl2N2O5/c1-37-25-15-17(13-21-27(34)32-29(36)33(28(21)35)24-12-5-4-11-22(24)30)14-23(31)26(25)38-16-19-9-6-8-18-7-2-3-10-20(18)19/h2-15H,16H2,1H3,(H,32,34,36)/b21-13+. The summed E-state index contributed by atoms with van der Waals surface area (Å²) in [6.45, 7) is 0.244. The number of carbonyl (C=O) groups is 3. The maximum Gasteiger partial charge on any atom is 0.335 e. The maximum atomic E-state index is 13.2. The lowest BCUT2D eigenvalue weighted by Gasteiger charge is -2.27. The summed E-state index contributed by atoms with van der Waals surface area (Å²) >= 11 is 12.7. The molecule has 0 unspecified atom stereocenters. The van der Waals surface area contributed by atoms with E-state index in [0.717, 1.165) is 21.2 Å². The maximum absolute atomic E-state index is 13.2. The van der Waals surface area contributed by atoms with Crippen LogP contribution in [-0.2, 0) is 16.2 Å². The minimum absolute atomic E-state index is 0.155. The zero-order chi connectivity index (χ0) is 26.8. The molecular weight excluding hydrogens is 527 g/mol. The van der Waals surface area contributed by atoms with Gasteiger partial charge in [0.25, 0.3) is 11.8 Å². The molecule has 1 heterocycles. The second-order valence-electron chi connectivity index (χ2n) is 8.37. The van der Waals surface area contributed by atoms with Gasteiger partial charge in [-0.25, -0.2) is 9.69 Å². The molecule has 38 heavy (non-hydrogen) atoms. The van der Waals surface area contributed by atoms with Gasteiger partial charge in [0.15, 0.2) is 11.5 Å². The average molecular weight is 547 g/mol. The number of carbonyl (C=O) groups excluding carboxylic acids is 3. The van der Waals surface area contributed by atoms with Gasteiger partial charge in [0.2, 0.25) is 0 Å². The number of ether oxygens (including phenoxy) is 2. The molecule has 0 radical (unpaired) electrons. The van der Waals surface area contributed by atoms with Crippen LogP contribution >= 0.6 is 23.2 Å². The predicted octanol–water partition coefficient (Wildman–Crippen LogP) is 6.40. The number of anilines is 1. The lowest BCUT2D eigenvalue weighted by Crippen LogP contribution is -2.54. The monoisotopic (exact) mass is 546 g/mol. The number of methoxy groups -OCH3 is 1. The van der Waals surface area contributed by atoms with E-state index < -0.39 is 17.8 Å². The summed E-state index contributed by atoms with van der Waals surface area (Å²) in [5.74, 6) is -1.03. The number of benzene rings is 4. The third kappa shape index (κ3) is 4.81. The number of halogens is 2. The van der Waals surface area contributed by atoms with E-state index in [0.29, 0.717) is 17.1 Å². The molecular formula is C29H20Cl2N2O5. The van der Waals surface area contributed by atoms with E-state index in [4.69, 9.17) is 32.7 Å². The zero-order valence-electron chi connectivity index (χ0n) is 20.0. The summed E-state index contributed by atoms with van der Waals surface area (Å²) in [6.07, 6.45) is 1.33. The van der Waals surface area contributed by atoms with Crippen LogP contribution in [0.5, 0.6) is 11.5 Å². The van der Waals surface area contributed by atoms with E-state index >= 15 is 0 Å². The summed E-state index contributed by atoms with van der Waals surface area (Å²) in [4.78, 5) is 39.1. The van der Waals surface area contributed by atoms with Crippen LogP contribution in [-0.4, -0.2) is 25.0 Å². The SMILES string of the molecule is COc1cc(/C=C2\C(=O)NC(=O)N(c3ccccc3Cl)C2=O)cc(Cl)c1OCc1cccc2ccccc12. The number of barbiturate groups is 1. The number of nitrogens with one attached hydrogen (secondary N) is 1. The van der Waals surface area contributed by atoms with Gasteiger partial charge in [-0.05, 0) is 52.2 Å². The molecule has 1 aliphatic heterocycles. The van der Waals surface area contributed by atoms with Gasteiger partial charge >= 0.3 is 6.03 Å². The van der Waals surface area contributed by atoms with Crippen LogP contribution in [0.3, 0.4) is 0 Å². The molecule has 4 aromatic rings. The van der Waals surface area contributed by atoms with Crippen molar-refractivity contribution in [3.63, 3.8) is 0 Å². The summed E-state index contributed by atoms with van der Waals surface area (Å²) in [5.41, 5.74) is 1.26. The Kier molecular flexibility index (Phi) is 7.05. The van der Waals surface area contributed by atoms with Gasteiger partial charge in [-0.15, -0.1) is 0 Å². The molecule has 1 fully saturated rings. The van der Waals surface area contributed by atoms with Crippen molar-refractivity contribution in [2.45, 2.75) is 6.61 Å². The highest BCUT2D eigenvalue weighted by Gasteiger charge is 2.37. The Bertz CT molecular complexity index is 1630. The van der Waals surface area contributed by atoms with E-state index in [1.165, 1.54) is 19.3 Å². The largest absolute Gasteiger partial charge is 0.493 e. The van der Waals surface area contributed by atoms with E-state index in [1.54, 1.807) is 30.3 Å². The first-order valence-electron chi connectivity index (χ1n) is 11.5. The Morgan fingerprint density at radius 1 is 0.895 bits per heavy atom. The highest BCUT2D eigenvalue weighted by Crippen LogP contribution is 2.38. The Balaban J connectivity index is 1.45. The van der Waals surface area contributed by atoms with Crippen molar-refractivity contribution in [3.05, 3.63) is 106 Å². The van der Waals surface area contributed by atoms with Gasteiger partial charge < -0.3 is 9.47 Å². The fourth-order valence-corrected chi connectivity index (χ4v) is 4.70. The minimum Gasteiger partial charge on any atom is -0.493 e. The normalized spacial score (nSPS) is 14.7. The van der Waals surface area contributed by atoms with Gasteiger partial charge in [0, 0.05) is 0 Å². The number of imide groups is 2. The molecule has 0 aromatic heterocycles. The molecule has 0 bridgehead atoms. The molecule has 0 aliphatic carbocycles. The van der Waals surface area contributed by atoms with E-state index in [-0.39, 0.29) is 27.9 Å². The summed E-state index contributed by atoms with van der Waals surface area (Å²) in [5, 5.41) is 4.73. The van der Waals surface area contributed by atoms with E-state index in [9.17, 15) is 14.4 Å². The molecule has 0 saturated carbocycles. The number of fused-ring (bicyclic) bond motifs is 1. The molecule has 9 heteroatoms. The number of nitrogens with zero attached hydrogens (tertiary/aromatic N) is 1. The van der Waals surface area contributed by atoms with Crippen LogP contribution in [0.4, 0.5) is 10.5 Å². The van der Waals surface area contributed by atoms with E-state index in [2.05, 4.69) is 5.32 Å². The molecule has 4 amide bonds. The molecule has 7 nitrogen and oxygen atoms in total. The lowest BCUT2D eigenvalue weighted by atomic mass is 10.1. The molecule has 1 aliphatic rings. The first-order valence-corrected chi connectivity index (χ1v) is 12.3. The number of amides is 4. The van der Waals surface area contributed by atoms with Crippen molar-refractivity contribution in [1.29, 1.82) is 0 Å². The van der Waals surface area contributed by atoms with Crippen LogP contribution in [0, 0.1) is 0 Å². The molecule has 0 atom stereocenters. The van der Waals surface area contributed by atoms with Crippen LogP contribution in [0.1, 0.15) is 11.1 Å². The quantitative estimate of drug-likeness (QED) is 0.223. The third-order valence-electron chi connectivity index (χ3n) is 6.01. The number of hydrogen-bond acceptors (Lipinski definition) is 5. The highest BCUT2D eigenvalue weighted by molar-refractivity contribution is 6.42. The summed E-state index contributed by atoms with van der Waals surface area (Å²) in [7, 11) is 1.46. The molecule has 4 aromatic carbocycles. The van der Waals surface area contributed by atoms with Crippen LogP contribution in [0.2, 0.25) is 10.0 Å². The molecule has 190 valence electrons. The molecule has 1 saturated heterocycles. The van der Waals surface area contributed by atoms with Gasteiger partial charge in [0.05, 0.1) is 22.8 Å². The summed E-state index contributed by atoms with van der Waals surface area (Å²) in [6, 6.07) is 22.5. The van der Waals surface area contributed by atoms with Crippen LogP contribution < -0.4 is 19.7 Å². The Morgan fingerprint density at radius 3 is 2.42 bits per heavy atom. The van der Waals surface area contributed by atoms with Crippen molar-refractivity contribution in [3.8, 4) is 11.5 Å². The summed E-state index contributed by atoms with van der Waals surface area (Å²) < 4.78 is 11.6. The number of para-hydroxylation sites is 1. The first kappa shape index (κ1) is 25.3. The van der Waals surface area contributed by atoms with Crippen molar-refractivity contribution >= 4 is 63.6 Å².